The Balaban J connectivity index is 2.58. The Labute approximate surface area is 145 Å². The first-order valence-corrected chi connectivity index (χ1v) is 10.2. The quantitative estimate of drug-likeness (QED) is 0.277. The number of benzene rings is 1. The molecule has 0 N–H and O–H groups in total. The zero-order valence-electron chi connectivity index (χ0n) is 12.3. The lowest BCUT2D eigenvalue weighted by Crippen LogP contribution is -2.30. The van der Waals surface area contributed by atoms with Crippen molar-refractivity contribution < 1.29 is 0 Å². The van der Waals surface area contributed by atoms with E-state index < -0.39 is 0 Å². The summed E-state index contributed by atoms with van der Waals surface area (Å²) in [5.74, 6) is 0. The van der Waals surface area contributed by atoms with Crippen molar-refractivity contribution in [2.45, 2.75) is 57.3 Å². The lowest BCUT2D eigenvalue weighted by Gasteiger charge is -2.31. The molecule has 0 saturated heterocycles. The molecule has 1 aromatic carbocycles. The smallest absolute Gasteiger partial charge is 0.0408 e. The third-order valence-corrected chi connectivity index (χ3v) is 6.34. The SMILES string of the molecule is CCCCCCCCC(CBr)(CBr)c1cccc(Cl)c1. The lowest BCUT2D eigenvalue weighted by atomic mass is 9.80. The van der Waals surface area contributed by atoms with Crippen LogP contribution in [0.2, 0.25) is 5.02 Å². The predicted octanol–water partition coefficient (Wildman–Crippen LogP) is 7.12. The first kappa shape index (κ1) is 18.5. The van der Waals surface area contributed by atoms with Crippen LogP contribution in [0.25, 0.3) is 0 Å². The number of rotatable bonds is 10. The molecule has 20 heavy (non-hydrogen) atoms. The maximum atomic E-state index is 6.15. The van der Waals surface area contributed by atoms with E-state index in [0.29, 0.717) is 0 Å². The third-order valence-electron chi connectivity index (χ3n) is 3.96. The predicted molar refractivity (Wildman–Crippen MR) is 98.7 cm³/mol. The van der Waals surface area contributed by atoms with E-state index in [0.717, 1.165) is 15.7 Å². The second-order valence-corrected chi connectivity index (χ2v) is 7.13. The average molecular weight is 425 g/mol. The fourth-order valence-corrected chi connectivity index (χ4v) is 4.86. The van der Waals surface area contributed by atoms with Crippen LogP contribution in [0.15, 0.2) is 24.3 Å². The van der Waals surface area contributed by atoms with Crippen molar-refractivity contribution in [2.75, 3.05) is 10.7 Å². The fourth-order valence-electron chi connectivity index (χ4n) is 2.53. The minimum atomic E-state index is 0.162. The second kappa shape index (κ2) is 10.2. The summed E-state index contributed by atoms with van der Waals surface area (Å²) >= 11 is 13.6. The van der Waals surface area contributed by atoms with Crippen molar-refractivity contribution in [2.24, 2.45) is 0 Å². The van der Waals surface area contributed by atoms with Gasteiger partial charge in [-0.1, -0.05) is 101 Å². The van der Waals surface area contributed by atoms with Crippen LogP contribution < -0.4 is 0 Å². The molecule has 0 heterocycles. The van der Waals surface area contributed by atoms with Gasteiger partial charge in [-0.05, 0) is 24.1 Å². The van der Waals surface area contributed by atoms with Crippen molar-refractivity contribution in [1.82, 2.24) is 0 Å². The fraction of sp³-hybridized carbons (Fsp3) is 0.647. The molecule has 3 heteroatoms. The molecule has 0 unspecified atom stereocenters. The molecule has 0 aliphatic carbocycles. The summed E-state index contributed by atoms with van der Waals surface area (Å²) < 4.78 is 0. The molecule has 0 aliphatic heterocycles. The summed E-state index contributed by atoms with van der Waals surface area (Å²) in [6.45, 7) is 2.26. The van der Waals surface area contributed by atoms with Gasteiger partial charge in [0.25, 0.3) is 0 Å². The molecule has 0 aromatic heterocycles. The highest BCUT2D eigenvalue weighted by molar-refractivity contribution is 9.09. The monoisotopic (exact) mass is 422 g/mol. The van der Waals surface area contributed by atoms with E-state index in [-0.39, 0.29) is 5.41 Å². The van der Waals surface area contributed by atoms with Gasteiger partial charge in [-0.3, -0.25) is 0 Å². The van der Waals surface area contributed by atoms with Crippen molar-refractivity contribution >= 4 is 43.5 Å². The van der Waals surface area contributed by atoms with Crippen LogP contribution in [0.3, 0.4) is 0 Å². The van der Waals surface area contributed by atoms with Crippen LogP contribution in [-0.2, 0) is 5.41 Å². The van der Waals surface area contributed by atoms with E-state index in [9.17, 15) is 0 Å². The number of alkyl halides is 2. The number of unbranched alkanes of at least 4 members (excludes halogenated alkanes) is 5. The van der Waals surface area contributed by atoms with Gasteiger partial charge >= 0.3 is 0 Å². The Kier molecular flexibility index (Phi) is 9.48. The Bertz CT molecular complexity index is 375. The van der Waals surface area contributed by atoms with Crippen molar-refractivity contribution in [1.29, 1.82) is 0 Å². The molecule has 0 spiro atoms. The molecule has 0 radical (unpaired) electrons. The van der Waals surface area contributed by atoms with Gasteiger partial charge in [0.15, 0.2) is 0 Å². The lowest BCUT2D eigenvalue weighted by molar-refractivity contribution is 0.461. The molecular weight excluding hydrogens is 399 g/mol. The van der Waals surface area contributed by atoms with Gasteiger partial charge in [-0.25, -0.2) is 0 Å². The van der Waals surface area contributed by atoms with E-state index in [1.807, 2.05) is 6.07 Å². The van der Waals surface area contributed by atoms with E-state index >= 15 is 0 Å². The maximum absolute atomic E-state index is 6.15. The Morgan fingerprint density at radius 3 is 2.25 bits per heavy atom. The number of hydrogen-bond acceptors (Lipinski definition) is 0. The zero-order chi connectivity index (χ0) is 14.8. The van der Waals surface area contributed by atoms with Gasteiger partial charge in [-0.15, -0.1) is 0 Å². The standard InChI is InChI=1S/C17H25Br2Cl/c1-2-3-4-5-6-7-11-17(13-18,14-19)15-9-8-10-16(20)12-15/h8-10,12H,2-7,11,13-14H2,1H3. The molecule has 1 aromatic rings. The summed E-state index contributed by atoms with van der Waals surface area (Å²) in [5.41, 5.74) is 1.50. The summed E-state index contributed by atoms with van der Waals surface area (Å²) in [5, 5.41) is 2.78. The Morgan fingerprint density at radius 1 is 1.00 bits per heavy atom. The van der Waals surface area contributed by atoms with Gasteiger partial charge in [-0.2, -0.15) is 0 Å². The van der Waals surface area contributed by atoms with Crippen molar-refractivity contribution in [3.05, 3.63) is 34.9 Å². The van der Waals surface area contributed by atoms with Gasteiger partial charge in [0.05, 0.1) is 0 Å². The molecule has 0 amide bonds. The first-order valence-electron chi connectivity index (χ1n) is 7.56. The van der Waals surface area contributed by atoms with Crippen molar-refractivity contribution in [3.8, 4) is 0 Å². The van der Waals surface area contributed by atoms with Crippen molar-refractivity contribution in [3.63, 3.8) is 0 Å². The highest BCUT2D eigenvalue weighted by atomic mass is 79.9. The Morgan fingerprint density at radius 2 is 1.65 bits per heavy atom. The molecule has 1 rings (SSSR count). The highest BCUT2D eigenvalue weighted by Gasteiger charge is 2.29. The molecule has 114 valence electrons. The maximum Gasteiger partial charge on any atom is 0.0408 e. The summed E-state index contributed by atoms with van der Waals surface area (Å²) in [7, 11) is 0. The summed E-state index contributed by atoms with van der Waals surface area (Å²) in [6.07, 6.45) is 9.25. The normalized spacial score (nSPS) is 11.8. The van der Waals surface area contributed by atoms with Crippen LogP contribution in [0, 0.1) is 0 Å². The Hall–Kier alpha value is 0.470. The topological polar surface area (TPSA) is 0 Å². The van der Waals surface area contributed by atoms with E-state index in [2.05, 4.69) is 57.0 Å². The molecule has 0 aliphatic rings. The molecule has 0 atom stereocenters. The minimum absolute atomic E-state index is 0.162. The highest BCUT2D eigenvalue weighted by Crippen LogP contribution is 2.35. The van der Waals surface area contributed by atoms with E-state index in [1.165, 1.54) is 50.5 Å². The van der Waals surface area contributed by atoms with Crippen LogP contribution in [0.4, 0.5) is 0 Å². The van der Waals surface area contributed by atoms with E-state index in [4.69, 9.17) is 11.6 Å². The van der Waals surface area contributed by atoms with Gasteiger partial charge in [0.1, 0.15) is 0 Å². The molecule has 0 bridgehead atoms. The van der Waals surface area contributed by atoms with Gasteiger partial charge in [0.2, 0.25) is 0 Å². The molecule has 0 nitrogen and oxygen atoms in total. The average Bonchev–Trinajstić information content (AvgIpc) is 2.47. The molecule has 0 saturated carbocycles. The minimum Gasteiger partial charge on any atom is -0.0918 e. The zero-order valence-corrected chi connectivity index (χ0v) is 16.2. The molecular formula is C17H25Br2Cl. The van der Waals surface area contributed by atoms with Gasteiger partial charge < -0.3 is 0 Å². The van der Waals surface area contributed by atoms with Crippen LogP contribution >= 0.6 is 43.5 Å². The number of hydrogen-bond donors (Lipinski definition) is 0. The second-order valence-electron chi connectivity index (χ2n) is 5.58. The number of halogens is 3. The van der Waals surface area contributed by atoms with Crippen LogP contribution in [0.5, 0.6) is 0 Å². The van der Waals surface area contributed by atoms with Crippen LogP contribution in [0.1, 0.15) is 57.4 Å². The molecule has 0 fully saturated rings. The van der Waals surface area contributed by atoms with E-state index in [1.54, 1.807) is 0 Å². The van der Waals surface area contributed by atoms with Crippen LogP contribution in [-0.4, -0.2) is 10.7 Å². The summed E-state index contributed by atoms with van der Waals surface area (Å²) in [6, 6.07) is 8.31. The van der Waals surface area contributed by atoms with Gasteiger partial charge in [0, 0.05) is 21.1 Å². The largest absolute Gasteiger partial charge is 0.0918 e. The first-order chi connectivity index (χ1) is 9.68. The third kappa shape index (κ3) is 5.69. The summed E-state index contributed by atoms with van der Waals surface area (Å²) in [4.78, 5) is 0.